The van der Waals surface area contributed by atoms with E-state index in [1.54, 1.807) is 14.2 Å². The third-order valence-electron chi connectivity index (χ3n) is 8.41. The molecule has 214 valence electrons. The number of hydrogen-bond acceptors (Lipinski definition) is 4. The number of ether oxygens (including phenoxy) is 2. The summed E-state index contributed by atoms with van der Waals surface area (Å²) in [6.07, 6.45) is 2.40. The molecule has 1 amide bonds. The van der Waals surface area contributed by atoms with Gasteiger partial charge in [0.2, 0.25) is 5.91 Å². The SMILES string of the molecule is COc1cc(OC)cc(C(CC(=O)N2CCN(C(c3ccccc3)c3ccccc3)CC2)c2c[nH]c3ccccc23)c1. The number of nitrogens with one attached hydrogen (secondary N) is 1. The number of nitrogens with zero attached hydrogens (tertiary/aromatic N) is 2. The molecule has 4 aromatic carbocycles. The molecule has 1 aliphatic heterocycles. The summed E-state index contributed by atoms with van der Waals surface area (Å²) in [7, 11) is 3.31. The smallest absolute Gasteiger partial charge is 0.223 e. The van der Waals surface area contributed by atoms with Crippen LogP contribution in [0.5, 0.6) is 11.5 Å². The number of carbonyl (C=O) groups excluding carboxylic acids is 1. The van der Waals surface area contributed by atoms with Crippen LogP contribution in [-0.2, 0) is 4.79 Å². The van der Waals surface area contributed by atoms with Gasteiger partial charge in [0, 0.05) is 61.7 Å². The van der Waals surface area contributed by atoms with Crippen LogP contribution in [0.2, 0.25) is 0 Å². The summed E-state index contributed by atoms with van der Waals surface area (Å²) in [6, 6.07) is 35.6. The van der Waals surface area contributed by atoms with Crippen molar-refractivity contribution in [1.82, 2.24) is 14.8 Å². The number of piperazine rings is 1. The van der Waals surface area contributed by atoms with Crippen LogP contribution in [-0.4, -0.2) is 61.1 Å². The third kappa shape index (κ3) is 5.76. The molecule has 0 aliphatic carbocycles. The molecule has 1 aromatic heterocycles. The monoisotopic (exact) mass is 559 g/mol. The molecule has 6 rings (SSSR count). The van der Waals surface area contributed by atoms with Gasteiger partial charge in [-0.2, -0.15) is 0 Å². The van der Waals surface area contributed by atoms with Crippen LogP contribution >= 0.6 is 0 Å². The highest BCUT2D eigenvalue weighted by molar-refractivity contribution is 5.86. The van der Waals surface area contributed by atoms with Crippen LogP contribution in [0.25, 0.3) is 10.9 Å². The number of rotatable bonds is 9. The number of amides is 1. The standard InChI is InChI=1S/C36H37N3O3/c1-41-29-21-28(22-30(23-29)42-2)32(33-25-37-34-16-10-9-15-31(33)34)24-35(40)38-17-19-39(20-18-38)36(26-11-5-3-6-12-26)27-13-7-4-8-14-27/h3-16,21-23,25,32,36-37H,17-20,24H2,1-2H3. The Morgan fingerprint density at radius 1 is 0.738 bits per heavy atom. The van der Waals surface area contributed by atoms with Crippen molar-refractivity contribution in [3.8, 4) is 11.5 Å². The topological polar surface area (TPSA) is 57.8 Å². The molecule has 1 saturated heterocycles. The molecule has 5 aromatic rings. The fourth-order valence-electron chi connectivity index (χ4n) is 6.24. The maximum absolute atomic E-state index is 14.0. The van der Waals surface area contributed by atoms with E-state index in [-0.39, 0.29) is 17.9 Å². The lowest BCUT2D eigenvalue weighted by Gasteiger charge is -2.40. The summed E-state index contributed by atoms with van der Waals surface area (Å²) in [5.41, 5.74) is 5.70. The van der Waals surface area contributed by atoms with Crippen molar-refractivity contribution >= 4 is 16.8 Å². The van der Waals surface area contributed by atoms with E-state index in [9.17, 15) is 4.79 Å². The number of aromatic amines is 1. The van der Waals surface area contributed by atoms with Gasteiger partial charge in [0.25, 0.3) is 0 Å². The molecule has 0 spiro atoms. The highest BCUT2D eigenvalue weighted by atomic mass is 16.5. The normalized spacial score (nSPS) is 14.7. The Morgan fingerprint density at radius 2 is 1.31 bits per heavy atom. The zero-order valence-corrected chi connectivity index (χ0v) is 24.2. The number of para-hydroxylation sites is 1. The Hall–Kier alpha value is -4.55. The quantitative estimate of drug-likeness (QED) is 0.220. The van der Waals surface area contributed by atoms with E-state index in [4.69, 9.17) is 9.47 Å². The molecule has 1 N–H and O–H groups in total. The summed E-state index contributed by atoms with van der Waals surface area (Å²) in [4.78, 5) is 21.9. The van der Waals surface area contributed by atoms with Crippen LogP contribution < -0.4 is 9.47 Å². The molecule has 6 heteroatoms. The Balaban J connectivity index is 1.25. The first-order chi connectivity index (χ1) is 20.6. The van der Waals surface area contributed by atoms with Gasteiger partial charge < -0.3 is 19.4 Å². The summed E-state index contributed by atoms with van der Waals surface area (Å²) < 4.78 is 11.2. The molecule has 6 nitrogen and oxygen atoms in total. The average Bonchev–Trinajstić information content (AvgIpc) is 3.48. The third-order valence-corrected chi connectivity index (χ3v) is 8.41. The van der Waals surface area contributed by atoms with Gasteiger partial charge in [-0.25, -0.2) is 0 Å². The van der Waals surface area contributed by atoms with E-state index in [1.807, 2.05) is 41.4 Å². The lowest BCUT2D eigenvalue weighted by atomic mass is 9.87. The van der Waals surface area contributed by atoms with Crippen molar-refractivity contribution in [3.05, 3.63) is 132 Å². The Morgan fingerprint density at radius 3 is 1.90 bits per heavy atom. The van der Waals surface area contributed by atoms with Gasteiger partial charge >= 0.3 is 0 Å². The molecule has 1 fully saturated rings. The van der Waals surface area contributed by atoms with Crippen molar-refractivity contribution in [2.75, 3.05) is 40.4 Å². The highest BCUT2D eigenvalue weighted by Crippen LogP contribution is 2.38. The second-order valence-corrected chi connectivity index (χ2v) is 10.8. The summed E-state index contributed by atoms with van der Waals surface area (Å²) in [5, 5.41) is 1.12. The molecule has 0 bridgehead atoms. The zero-order valence-electron chi connectivity index (χ0n) is 24.2. The maximum Gasteiger partial charge on any atom is 0.223 e. The van der Waals surface area contributed by atoms with Crippen molar-refractivity contribution in [2.45, 2.75) is 18.4 Å². The number of fused-ring (bicyclic) bond motifs is 1. The van der Waals surface area contributed by atoms with Crippen molar-refractivity contribution < 1.29 is 14.3 Å². The summed E-state index contributed by atoms with van der Waals surface area (Å²) in [6.45, 7) is 3.00. The van der Waals surface area contributed by atoms with Crippen molar-refractivity contribution in [3.63, 3.8) is 0 Å². The number of hydrogen-bond donors (Lipinski definition) is 1. The first-order valence-electron chi connectivity index (χ1n) is 14.6. The van der Waals surface area contributed by atoms with E-state index in [1.165, 1.54) is 11.1 Å². The minimum absolute atomic E-state index is 0.155. The fourth-order valence-corrected chi connectivity index (χ4v) is 6.24. The largest absolute Gasteiger partial charge is 0.497 e. The molecule has 1 aliphatic rings. The van der Waals surface area contributed by atoms with E-state index >= 15 is 0 Å². The highest BCUT2D eigenvalue weighted by Gasteiger charge is 2.30. The predicted molar refractivity (Wildman–Crippen MR) is 167 cm³/mol. The molecule has 1 atom stereocenters. The predicted octanol–water partition coefficient (Wildman–Crippen LogP) is 6.64. The van der Waals surface area contributed by atoms with Gasteiger partial charge in [0.05, 0.1) is 20.3 Å². The molecule has 2 heterocycles. The second-order valence-electron chi connectivity index (χ2n) is 10.8. The number of aromatic nitrogens is 1. The molecular formula is C36H37N3O3. The molecule has 42 heavy (non-hydrogen) atoms. The maximum atomic E-state index is 14.0. The van der Waals surface area contributed by atoms with Gasteiger partial charge in [0.1, 0.15) is 11.5 Å². The minimum Gasteiger partial charge on any atom is -0.497 e. The first-order valence-corrected chi connectivity index (χ1v) is 14.6. The van der Waals surface area contributed by atoms with Gasteiger partial charge in [-0.15, -0.1) is 0 Å². The molecule has 1 unspecified atom stereocenters. The van der Waals surface area contributed by atoms with E-state index in [2.05, 4.69) is 82.7 Å². The average molecular weight is 560 g/mol. The molecular weight excluding hydrogens is 522 g/mol. The van der Waals surface area contributed by atoms with Crippen LogP contribution in [0.1, 0.15) is 40.6 Å². The summed E-state index contributed by atoms with van der Waals surface area (Å²) >= 11 is 0. The van der Waals surface area contributed by atoms with Crippen molar-refractivity contribution in [1.29, 1.82) is 0 Å². The van der Waals surface area contributed by atoms with E-state index < -0.39 is 0 Å². The van der Waals surface area contributed by atoms with E-state index in [0.29, 0.717) is 31.0 Å². The lowest BCUT2D eigenvalue weighted by molar-refractivity contribution is -0.133. The Labute approximate surface area is 247 Å². The van der Waals surface area contributed by atoms with Crippen LogP contribution in [0.3, 0.4) is 0 Å². The number of methoxy groups -OCH3 is 2. The minimum atomic E-state index is -0.155. The molecule has 0 saturated carbocycles. The number of H-pyrrole nitrogens is 1. The van der Waals surface area contributed by atoms with Crippen molar-refractivity contribution in [2.24, 2.45) is 0 Å². The second kappa shape index (κ2) is 12.5. The molecule has 0 radical (unpaired) electrons. The fraction of sp³-hybridized carbons (Fsp3) is 0.250. The Bertz CT molecular complexity index is 1560. The zero-order chi connectivity index (χ0) is 28.9. The van der Waals surface area contributed by atoms with Gasteiger partial charge in [0.15, 0.2) is 0 Å². The summed E-state index contributed by atoms with van der Waals surface area (Å²) in [5.74, 6) is 1.42. The van der Waals surface area contributed by atoms with Crippen LogP contribution in [0.4, 0.5) is 0 Å². The number of carbonyl (C=O) groups is 1. The lowest BCUT2D eigenvalue weighted by Crippen LogP contribution is -2.50. The number of benzene rings is 4. The van der Waals surface area contributed by atoms with Gasteiger partial charge in [-0.1, -0.05) is 78.9 Å². The van der Waals surface area contributed by atoms with Crippen LogP contribution in [0.15, 0.2) is 109 Å². The van der Waals surface area contributed by atoms with Gasteiger partial charge in [-0.05, 0) is 40.5 Å². The van der Waals surface area contributed by atoms with E-state index in [0.717, 1.165) is 35.1 Å². The van der Waals surface area contributed by atoms with Gasteiger partial charge in [-0.3, -0.25) is 9.69 Å². The van der Waals surface area contributed by atoms with Crippen LogP contribution in [0, 0.1) is 0 Å². The first kappa shape index (κ1) is 27.6. The Kier molecular flexibility index (Phi) is 8.24.